The number of rotatable bonds is 4. The summed E-state index contributed by atoms with van der Waals surface area (Å²) in [7, 11) is 0. The quantitative estimate of drug-likeness (QED) is 0.603. The van der Waals surface area contributed by atoms with Crippen LogP contribution in [0.3, 0.4) is 0 Å². The minimum atomic E-state index is -0.161. The van der Waals surface area contributed by atoms with E-state index in [1.54, 1.807) is 18.5 Å². The maximum Gasteiger partial charge on any atom is 0.226 e. The van der Waals surface area contributed by atoms with Crippen LogP contribution in [0.1, 0.15) is 18.4 Å². The Hall–Kier alpha value is -2.09. The van der Waals surface area contributed by atoms with Crippen molar-refractivity contribution in [2.75, 3.05) is 18.0 Å². The first-order valence-corrected chi connectivity index (χ1v) is 9.98. The van der Waals surface area contributed by atoms with Crippen LogP contribution in [0.15, 0.2) is 24.5 Å². The molecule has 2 N–H and O–H groups in total. The molecule has 0 aliphatic carbocycles. The number of piperidine rings is 1. The van der Waals surface area contributed by atoms with Crippen LogP contribution in [-0.2, 0) is 11.3 Å². The molecule has 0 saturated carbocycles. The zero-order valence-electron chi connectivity index (χ0n) is 14.8. The van der Waals surface area contributed by atoms with Gasteiger partial charge in [-0.3, -0.25) is 4.79 Å². The molecule has 1 atom stereocenters. The Morgan fingerprint density at radius 2 is 2.14 bits per heavy atom. The molecule has 7 nitrogen and oxygen atoms in total. The van der Waals surface area contributed by atoms with Crippen molar-refractivity contribution in [3.63, 3.8) is 0 Å². The Bertz CT molecular complexity index is 1020. The van der Waals surface area contributed by atoms with Crippen molar-refractivity contribution in [2.24, 2.45) is 5.92 Å². The number of carbonyl (C=O) groups excluding carboxylic acids is 1. The van der Waals surface area contributed by atoms with Gasteiger partial charge in [0.15, 0.2) is 11.5 Å². The van der Waals surface area contributed by atoms with E-state index in [9.17, 15) is 4.79 Å². The summed E-state index contributed by atoms with van der Waals surface area (Å²) in [5, 5.41) is 4.21. The first kappa shape index (κ1) is 19.2. The fraction of sp³-hybridized carbons (Fsp3) is 0.333. The number of carbonyl (C=O) groups is 1. The molecule has 2 aromatic heterocycles. The maximum absolute atomic E-state index is 12.7. The Labute approximate surface area is 176 Å². The summed E-state index contributed by atoms with van der Waals surface area (Å²) in [6.07, 6.45) is 3.24. The molecule has 3 aromatic rings. The number of H-pyrrole nitrogens is 1. The van der Waals surface area contributed by atoms with Gasteiger partial charge >= 0.3 is 0 Å². The van der Waals surface area contributed by atoms with Gasteiger partial charge in [0.25, 0.3) is 0 Å². The Morgan fingerprint density at radius 3 is 2.96 bits per heavy atom. The molecular formula is C18H17Cl3N6O. The summed E-state index contributed by atoms with van der Waals surface area (Å²) in [4.78, 5) is 30.4. The maximum atomic E-state index is 12.7. The van der Waals surface area contributed by atoms with Gasteiger partial charge in [0.2, 0.25) is 11.2 Å². The number of aromatic amines is 1. The van der Waals surface area contributed by atoms with Gasteiger partial charge in [0.1, 0.15) is 5.52 Å². The van der Waals surface area contributed by atoms with Crippen LogP contribution < -0.4 is 10.2 Å². The first-order valence-electron chi connectivity index (χ1n) is 8.84. The molecule has 1 saturated heterocycles. The normalized spacial score (nSPS) is 17.1. The van der Waals surface area contributed by atoms with Crippen LogP contribution >= 0.6 is 34.8 Å². The third-order valence-corrected chi connectivity index (χ3v) is 5.56. The van der Waals surface area contributed by atoms with Gasteiger partial charge in [-0.1, -0.05) is 29.3 Å². The number of benzene rings is 1. The van der Waals surface area contributed by atoms with E-state index in [4.69, 9.17) is 34.8 Å². The van der Waals surface area contributed by atoms with Gasteiger partial charge in [-0.2, -0.15) is 9.97 Å². The second-order valence-electron chi connectivity index (χ2n) is 6.66. The van der Waals surface area contributed by atoms with Crippen molar-refractivity contribution in [3.8, 4) is 0 Å². The van der Waals surface area contributed by atoms with E-state index in [1.165, 1.54) is 0 Å². The standard InChI is InChI=1S/C18H17Cl3N6O/c19-12-4-3-10(13(20)6-12)7-22-17(28)11-2-1-5-27(8-11)16-14-15(24-9-23-14)25-18(21)26-16/h3-4,6,9,11H,1-2,5,7-8H2,(H,22,28)(H,23,24,25,26)/t11-/m1/s1. The smallest absolute Gasteiger partial charge is 0.226 e. The van der Waals surface area contributed by atoms with Crippen LogP contribution in [0.25, 0.3) is 11.2 Å². The van der Waals surface area contributed by atoms with Crippen molar-refractivity contribution >= 4 is 57.7 Å². The van der Waals surface area contributed by atoms with Gasteiger partial charge in [-0.15, -0.1) is 0 Å². The first-order chi connectivity index (χ1) is 13.5. The predicted octanol–water partition coefficient (Wildman–Crippen LogP) is 3.85. The van der Waals surface area contributed by atoms with Crippen molar-refractivity contribution in [1.29, 1.82) is 0 Å². The number of aromatic nitrogens is 4. The summed E-state index contributed by atoms with van der Waals surface area (Å²) < 4.78 is 0. The highest BCUT2D eigenvalue weighted by Gasteiger charge is 2.28. The fourth-order valence-corrected chi connectivity index (χ4v) is 4.03. The molecule has 0 bridgehead atoms. The van der Waals surface area contributed by atoms with E-state index in [0.29, 0.717) is 34.6 Å². The molecule has 4 rings (SSSR count). The summed E-state index contributed by atoms with van der Waals surface area (Å²) in [6.45, 7) is 1.69. The van der Waals surface area contributed by atoms with Gasteiger partial charge < -0.3 is 15.2 Å². The summed E-state index contributed by atoms with van der Waals surface area (Å²) >= 11 is 18.1. The SMILES string of the molecule is O=C(NCc1ccc(Cl)cc1Cl)[C@@H]1CCCN(c2nc(Cl)nc3nc[nH]c23)C1. The molecule has 0 unspecified atom stereocenters. The third kappa shape index (κ3) is 4.01. The van der Waals surface area contributed by atoms with Gasteiger partial charge in [-0.25, -0.2) is 4.98 Å². The Kier molecular flexibility index (Phi) is 5.57. The van der Waals surface area contributed by atoms with Crippen molar-refractivity contribution in [2.45, 2.75) is 19.4 Å². The topological polar surface area (TPSA) is 86.8 Å². The molecule has 1 aliphatic heterocycles. The van der Waals surface area contributed by atoms with Crippen LogP contribution in [0.2, 0.25) is 15.3 Å². The number of anilines is 1. The Balaban J connectivity index is 1.46. The third-order valence-electron chi connectivity index (χ3n) is 4.80. The monoisotopic (exact) mass is 438 g/mol. The lowest BCUT2D eigenvalue weighted by molar-refractivity contribution is -0.125. The molecule has 1 aliphatic rings. The number of nitrogens with one attached hydrogen (secondary N) is 2. The molecule has 0 radical (unpaired) electrons. The van der Waals surface area contributed by atoms with Crippen LogP contribution in [0.5, 0.6) is 0 Å². The van der Waals surface area contributed by atoms with Crippen molar-refractivity contribution in [3.05, 3.63) is 45.4 Å². The van der Waals surface area contributed by atoms with E-state index < -0.39 is 0 Å². The molecular weight excluding hydrogens is 423 g/mol. The number of amides is 1. The molecule has 1 aromatic carbocycles. The van der Waals surface area contributed by atoms with Gasteiger partial charge in [-0.05, 0) is 42.1 Å². The van der Waals surface area contributed by atoms with E-state index in [2.05, 4.69) is 30.2 Å². The van der Waals surface area contributed by atoms with E-state index in [0.717, 1.165) is 30.5 Å². The van der Waals surface area contributed by atoms with Crippen LogP contribution in [0.4, 0.5) is 5.82 Å². The number of fused-ring (bicyclic) bond motifs is 1. The lowest BCUT2D eigenvalue weighted by Gasteiger charge is -2.33. The molecule has 3 heterocycles. The summed E-state index contributed by atoms with van der Waals surface area (Å²) in [6, 6.07) is 5.24. The molecule has 0 spiro atoms. The second kappa shape index (κ2) is 8.11. The average molecular weight is 440 g/mol. The lowest BCUT2D eigenvalue weighted by Crippen LogP contribution is -2.43. The van der Waals surface area contributed by atoms with Crippen LogP contribution in [0, 0.1) is 5.92 Å². The number of nitrogens with zero attached hydrogens (tertiary/aromatic N) is 4. The van der Waals surface area contributed by atoms with E-state index >= 15 is 0 Å². The highest BCUT2D eigenvalue weighted by molar-refractivity contribution is 6.35. The highest BCUT2D eigenvalue weighted by atomic mass is 35.5. The number of imidazole rings is 1. The average Bonchev–Trinajstić information content (AvgIpc) is 3.15. The van der Waals surface area contributed by atoms with E-state index in [1.807, 2.05) is 6.07 Å². The number of hydrogen-bond donors (Lipinski definition) is 2. The van der Waals surface area contributed by atoms with Crippen molar-refractivity contribution in [1.82, 2.24) is 25.3 Å². The number of halogens is 3. The largest absolute Gasteiger partial charge is 0.354 e. The second-order valence-corrected chi connectivity index (χ2v) is 7.84. The Morgan fingerprint density at radius 1 is 1.29 bits per heavy atom. The van der Waals surface area contributed by atoms with Crippen molar-refractivity contribution < 1.29 is 4.79 Å². The summed E-state index contributed by atoms with van der Waals surface area (Å²) in [5.41, 5.74) is 2.06. The zero-order chi connectivity index (χ0) is 19.7. The fourth-order valence-electron chi connectivity index (χ4n) is 3.40. The zero-order valence-corrected chi connectivity index (χ0v) is 17.0. The molecule has 146 valence electrons. The number of hydrogen-bond acceptors (Lipinski definition) is 5. The molecule has 1 amide bonds. The minimum absolute atomic E-state index is 0.0169. The molecule has 10 heteroatoms. The minimum Gasteiger partial charge on any atom is -0.354 e. The highest BCUT2D eigenvalue weighted by Crippen LogP contribution is 2.28. The lowest BCUT2D eigenvalue weighted by atomic mass is 9.97. The molecule has 28 heavy (non-hydrogen) atoms. The van der Waals surface area contributed by atoms with E-state index in [-0.39, 0.29) is 17.1 Å². The summed E-state index contributed by atoms with van der Waals surface area (Å²) in [5.74, 6) is 0.494. The van der Waals surface area contributed by atoms with Gasteiger partial charge in [0.05, 0.1) is 12.2 Å². The van der Waals surface area contributed by atoms with Crippen LogP contribution in [-0.4, -0.2) is 38.9 Å². The predicted molar refractivity (Wildman–Crippen MR) is 110 cm³/mol. The molecule has 1 fully saturated rings. The van der Waals surface area contributed by atoms with Gasteiger partial charge in [0, 0.05) is 29.7 Å².